The third-order valence-corrected chi connectivity index (χ3v) is 4.93. The van der Waals surface area contributed by atoms with Crippen molar-refractivity contribution in [2.75, 3.05) is 11.9 Å². The highest BCUT2D eigenvalue weighted by Crippen LogP contribution is 2.45. The first-order valence-corrected chi connectivity index (χ1v) is 8.06. The largest absolute Gasteiger partial charge is 0.375 e. The smallest absolute Gasteiger partial charge is 0.264 e. The molecule has 2 atom stereocenters. The monoisotopic (exact) mass is 373 g/mol. The number of anilines is 1. The van der Waals surface area contributed by atoms with E-state index in [9.17, 15) is 14.7 Å². The molecule has 2 unspecified atom stereocenters. The fraction of sp³-hybridized carbons (Fsp3) is 0.222. The molecule has 2 aromatic rings. The van der Waals surface area contributed by atoms with Gasteiger partial charge in [-0.05, 0) is 18.2 Å². The Hall–Kier alpha value is -1.98. The van der Waals surface area contributed by atoms with Crippen molar-refractivity contribution < 1.29 is 14.7 Å². The lowest BCUT2D eigenvalue weighted by Gasteiger charge is -2.28. The normalized spacial score (nSPS) is 21.2. The number of carbonyl (C=O) groups excluding carboxylic acids is 2. The van der Waals surface area contributed by atoms with Gasteiger partial charge in [-0.25, -0.2) is 0 Å². The van der Waals surface area contributed by atoms with Gasteiger partial charge >= 0.3 is 0 Å². The highest BCUT2D eigenvalue weighted by Gasteiger charge is 2.54. The second-order valence-electron chi connectivity index (χ2n) is 5.74. The molecule has 1 aliphatic rings. The van der Waals surface area contributed by atoms with Crippen molar-refractivity contribution in [2.45, 2.75) is 12.5 Å². The van der Waals surface area contributed by atoms with E-state index in [1.54, 1.807) is 56.4 Å². The molecule has 0 aliphatic carbocycles. The molecule has 0 bridgehead atoms. The number of halogens is 1. The van der Waals surface area contributed by atoms with Crippen molar-refractivity contribution >= 4 is 33.3 Å². The number of aliphatic hydroxyl groups is 1. The van der Waals surface area contributed by atoms with E-state index < -0.39 is 17.4 Å². The quantitative estimate of drug-likeness (QED) is 0.840. The van der Waals surface area contributed by atoms with Gasteiger partial charge in [0.1, 0.15) is 0 Å². The predicted molar refractivity (Wildman–Crippen MR) is 91.4 cm³/mol. The summed E-state index contributed by atoms with van der Waals surface area (Å²) in [7, 11) is 1.60. The molecular weight excluding hydrogens is 358 g/mol. The lowest BCUT2D eigenvalue weighted by atomic mass is 9.79. The average molecular weight is 374 g/mol. The van der Waals surface area contributed by atoms with Gasteiger partial charge in [0.2, 0.25) is 0 Å². The summed E-state index contributed by atoms with van der Waals surface area (Å²) in [5.41, 5.74) is -0.308. The first kappa shape index (κ1) is 15.9. The molecule has 1 amide bonds. The molecule has 0 saturated heterocycles. The number of rotatable bonds is 3. The summed E-state index contributed by atoms with van der Waals surface area (Å²) in [6, 6.07) is 14.0. The van der Waals surface area contributed by atoms with Gasteiger partial charge in [-0.1, -0.05) is 53.2 Å². The maximum absolute atomic E-state index is 12.7. The third-order valence-electron chi connectivity index (χ3n) is 4.44. The number of ketones is 1. The van der Waals surface area contributed by atoms with Crippen molar-refractivity contribution in [3.8, 4) is 0 Å². The molecule has 4 nitrogen and oxygen atoms in total. The van der Waals surface area contributed by atoms with Crippen LogP contribution in [0.4, 0.5) is 5.69 Å². The maximum atomic E-state index is 12.7. The van der Waals surface area contributed by atoms with Gasteiger partial charge < -0.3 is 10.0 Å². The van der Waals surface area contributed by atoms with Crippen molar-refractivity contribution in [3.05, 3.63) is 64.1 Å². The van der Waals surface area contributed by atoms with Gasteiger partial charge in [-0.2, -0.15) is 0 Å². The van der Waals surface area contributed by atoms with Crippen LogP contribution in [-0.2, 0) is 10.4 Å². The van der Waals surface area contributed by atoms with Crippen LogP contribution in [0.3, 0.4) is 0 Å². The lowest BCUT2D eigenvalue weighted by molar-refractivity contribution is -0.139. The molecule has 0 fully saturated rings. The Kier molecular flexibility index (Phi) is 3.86. The topological polar surface area (TPSA) is 57.6 Å². The number of Topliss-reactive ketones (excluding diaryl/α,β-unsaturated/α-hetero) is 1. The summed E-state index contributed by atoms with van der Waals surface area (Å²) in [6.45, 7) is 1.59. The summed E-state index contributed by atoms with van der Waals surface area (Å²) >= 11 is 3.36. The Morgan fingerprint density at radius 3 is 2.52 bits per heavy atom. The Balaban J connectivity index is 2.10. The zero-order chi connectivity index (χ0) is 16.8. The Labute approximate surface area is 142 Å². The van der Waals surface area contributed by atoms with Crippen LogP contribution in [0.15, 0.2) is 53.0 Å². The number of likely N-dealkylation sites (N-methyl/N-ethyl adjacent to an activating group) is 1. The predicted octanol–water partition coefficient (Wildman–Crippen LogP) is 3.13. The van der Waals surface area contributed by atoms with Crippen LogP contribution in [0, 0.1) is 5.92 Å². The van der Waals surface area contributed by atoms with Crippen molar-refractivity contribution in [1.29, 1.82) is 0 Å². The third kappa shape index (κ3) is 2.31. The number of carbonyl (C=O) groups is 2. The van der Waals surface area contributed by atoms with Gasteiger partial charge in [-0.3, -0.25) is 9.59 Å². The number of nitrogens with zero attached hydrogens (tertiary/aromatic N) is 1. The summed E-state index contributed by atoms with van der Waals surface area (Å²) in [4.78, 5) is 26.8. The minimum absolute atomic E-state index is 0.261. The zero-order valence-electron chi connectivity index (χ0n) is 12.8. The van der Waals surface area contributed by atoms with E-state index >= 15 is 0 Å². The van der Waals surface area contributed by atoms with Crippen LogP contribution >= 0.6 is 15.9 Å². The van der Waals surface area contributed by atoms with Gasteiger partial charge in [0.15, 0.2) is 11.4 Å². The average Bonchev–Trinajstić information content (AvgIpc) is 2.76. The van der Waals surface area contributed by atoms with Crippen molar-refractivity contribution in [1.82, 2.24) is 0 Å². The Bertz CT molecular complexity index is 790. The van der Waals surface area contributed by atoms with Crippen LogP contribution in [-0.4, -0.2) is 23.8 Å². The Morgan fingerprint density at radius 1 is 1.22 bits per heavy atom. The molecule has 1 aliphatic heterocycles. The summed E-state index contributed by atoms with van der Waals surface area (Å²) in [5.74, 6) is -1.64. The van der Waals surface area contributed by atoms with Crippen LogP contribution in [0.5, 0.6) is 0 Å². The summed E-state index contributed by atoms with van der Waals surface area (Å²) in [5, 5.41) is 11.2. The van der Waals surface area contributed by atoms with Gasteiger partial charge in [-0.15, -0.1) is 0 Å². The lowest BCUT2D eigenvalue weighted by Crippen LogP contribution is -2.46. The molecule has 2 aromatic carbocycles. The second kappa shape index (κ2) is 5.58. The van der Waals surface area contributed by atoms with Gasteiger partial charge in [0.25, 0.3) is 5.91 Å². The van der Waals surface area contributed by atoms with E-state index in [0.717, 1.165) is 4.47 Å². The highest BCUT2D eigenvalue weighted by molar-refractivity contribution is 9.10. The molecule has 0 aromatic heterocycles. The minimum atomic E-state index is -1.86. The number of fused-ring (bicyclic) bond motifs is 1. The molecule has 0 spiro atoms. The maximum Gasteiger partial charge on any atom is 0.264 e. The van der Waals surface area contributed by atoms with E-state index in [0.29, 0.717) is 16.8 Å². The molecule has 3 rings (SSSR count). The van der Waals surface area contributed by atoms with Crippen LogP contribution in [0.25, 0.3) is 0 Å². The number of hydrogen-bond donors (Lipinski definition) is 1. The fourth-order valence-electron chi connectivity index (χ4n) is 3.05. The van der Waals surface area contributed by atoms with E-state index in [2.05, 4.69) is 15.9 Å². The molecule has 1 heterocycles. The van der Waals surface area contributed by atoms with Crippen molar-refractivity contribution in [2.24, 2.45) is 5.92 Å². The van der Waals surface area contributed by atoms with E-state index in [1.807, 2.05) is 6.07 Å². The first-order chi connectivity index (χ1) is 10.9. The SMILES string of the molecule is CC(C(=O)c1ccccc1)C1(O)C(=O)N(C)c2ccc(Br)cc21. The standard InChI is InChI=1S/C18H16BrNO3/c1-11(16(21)12-6-4-3-5-7-12)18(23)14-10-13(19)8-9-15(14)20(2)17(18)22/h3-11,23H,1-2H3. The van der Waals surface area contributed by atoms with Gasteiger partial charge in [0, 0.05) is 22.6 Å². The Morgan fingerprint density at radius 2 is 1.87 bits per heavy atom. The number of benzene rings is 2. The number of amides is 1. The molecule has 1 N–H and O–H groups in total. The summed E-state index contributed by atoms with van der Waals surface area (Å²) < 4.78 is 0.747. The molecule has 0 radical (unpaired) electrons. The molecule has 5 heteroatoms. The highest BCUT2D eigenvalue weighted by atomic mass is 79.9. The molecule has 118 valence electrons. The van der Waals surface area contributed by atoms with Crippen LogP contribution in [0.1, 0.15) is 22.8 Å². The summed E-state index contributed by atoms with van der Waals surface area (Å²) in [6.07, 6.45) is 0. The number of hydrogen-bond acceptors (Lipinski definition) is 3. The van der Waals surface area contributed by atoms with E-state index in [4.69, 9.17) is 0 Å². The first-order valence-electron chi connectivity index (χ1n) is 7.27. The molecule has 0 saturated carbocycles. The van der Waals surface area contributed by atoms with Crippen LogP contribution in [0.2, 0.25) is 0 Å². The van der Waals surface area contributed by atoms with Crippen molar-refractivity contribution in [3.63, 3.8) is 0 Å². The molecular formula is C18H16BrNO3. The molecule has 23 heavy (non-hydrogen) atoms. The van der Waals surface area contributed by atoms with Crippen LogP contribution < -0.4 is 4.90 Å². The second-order valence-corrected chi connectivity index (χ2v) is 6.66. The fourth-order valence-corrected chi connectivity index (χ4v) is 3.41. The zero-order valence-corrected chi connectivity index (χ0v) is 14.4. The van der Waals surface area contributed by atoms with Gasteiger partial charge in [0.05, 0.1) is 11.6 Å². The van der Waals surface area contributed by atoms with E-state index in [-0.39, 0.29) is 5.78 Å². The van der Waals surface area contributed by atoms with E-state index in [1.165, 1.54) is 4.90 Å². The minimum Gasteiger partial charge on any atom is -0.375 e.